The third-order valence-corrected chi connectivity index (χ3v) is 2.82. The molecule has 0 heterocycles. The second-order valence-electron chi connectivity index (χ2n) is 4.58. The topological polar surface area (TPSA) is 49.3 Å². The van der Waals surface area contributed by atoms with E-state index in [1.807, 2.05) is 13.8 Å². The van der Waals surface area contributed by atoms with Gasteiger partial charge in [0.2, 0.25) is 0 Å². The first-order valence-corrected chi connectivity index (χ1v) is 6.27. The third-order valence-electron chi connectivity index (χ3n) is 2.82. The van der Waals surface area contributed by atoms with E-state index >= 15 is 0 Å². The van der Waals surface area contributed by atoms with Crippen LogP contribution in [0.15, 0.2) is 0 Å². The number of aldehydes is 1. The van der Waals surface area contributed by atoms with Crippen LogP contribution < -0.4 is 5.32 Å². The van der Waals surface area contributed by atoms with Crippen LogP contribution >= 0.6 is 0 Å². The average Bonchev–Trinajstić information content (AvgIpc) is 2.32. The lowest BCUT2D eigenvalue weighted by Crippen LogP contribution is -2.33. The van der Waals surface area contributed by atoms with Gasteiger partial charge in [0, 0.05) is 6.04 Å². The fourth-order valence-corrected chi connectivity index (χ4v) is 1.69. The van der Waals surface area contributed by atoms with Crippen molar-refractivity contribution < 1.29 is 9.90 Å². The SMILES string of the molecule is CC.CNC1CCC(C)(C)CC1.O=CCO. The number of rotatable bonds is 2. The zero-order chi connectivity index (χ0) is 13.0. The minimum Gasteiger partial charge on any atom is -0.389 e. The Morgan fingerprint density at radius 3 is 1.94 bits per heavy atom. The van der Waals surface area contributed by atoms with Crippen molar-refractivity contribution in [3.8, 4) is 0 Å². The molecule has 0 saturated heterocycles. The van der Waals surface area contributed by atoms with Crippen LogP contribution in [0.3, 0.4) is 0 Å². The Bertz CT molecular complexity index is 148. The monoisotopic (exact) mass is 231 g/mol. The zero-order valence-corrected chi connectivity index (χ0v) is 11.5. The van der Waals surface area contributed by atoms with Crippen LogP contribution in [0.1, 0.15) is 53.4 Å². The number of aliphatic hydroxyl groups excluding tert-OH is 1. The summed E-state index contributed by atoms with van der Waals surface area (Å²) in [5.74, 6) is 0. The summed E-state index contributed by atoms with van der Waals surface area (Å²) in [4.78, 5) is 8.92. The van der Waals surface area contributed by atoms with E-state index in [0.29, 0.717) is 11.7 Å². The molecule has 1 aliphatic carbocycles. The fourth-order valence-electron chi connectivity index (χ4n) is 1.69. The van der Waals surface area contributed by atoms with E-state index in [0.717, 1.165) is 6.04 Å². The van der Waals surface area contributed by atoms with Crippen LogP contribution in [0.2, 0.25) is 0 Å². The maximum Gasteiger partial charge on any atom is 0.145 e. The summed E-state index contributed by atoms with van der Waals surface area (Å²) in [5.41, 5.74) is 0.618. The van der Waals surface area contributed by atoms with Gasteiger partial charge in [0.1, 0.15) is 6.29 Å². The van der Waals surface area contributed by atoms with Crippen LogP contribution in [-0.2, 0) is 4.79 Å². The summed E-state index contributed by atoms with van der Waals surface area (Å²) in [7, 11) is 2.07. The number of hydrogen-bond donors (Lipinski definition) is 2. The quantitative estimate of drug-likeness (QED) is 0.717. The molecule has 0 aromatic rings. The van der Waals surface area contributed by atoms with Gasteiger partial charge in [-0.3, -0.25) is 0 Å². The summed E-state index contributed by atoms with van der Waals surface area (Å²) in [6.07, 6.45) is 5.93. The summed E-state index contributed by atoms with van der Waals surface area (Å²) < 4.78 is 0. The van der Waals surface area contributed by atoms with Crippen molar-refractivity contribution in [2.24, 2.45) is 5.41 Å². The Kier molecular flexibility index (Phi) is 12.5. The Labute approximate surface area is 101 Å². The van der Waals surface area contributed by atoms with Gasteiger partial charge in [-0.25, -0.2) is 0 Å². The van der Waals surface area contributed by atoms with E-state index in [9.17, 15) is 0 Å². The smallest absolute Gasteiger partial charge is 0.145 e. The number of carbonyl (C=O) groups is 1. The number of hydrogen-bond acceptors (Lipinski definition) is 3. The standard InChI is InChI=1S/C9H19N.C2H4O2.C2H6/c1-9(2)6-4-8(10-3)5-7-9;3-1-2-4;1-2/h8,10H,4-7H2,1-3H3;1,4H,2H2;1-2H3. The molecule has 98 valence electrons. The van der Waals surface area contributed by atoms with Crippen molar-refractivity contribution in [2.75, 3.05) is 13.7 Å². The van der Waals surface area contributed by atoms with Crippen molar-refractivity contribution in [2.45, 2.75) is 59.4 Å². The predicted molar refractivity (Wildman–Crippen MR) is 69.6 cm³/mol. The maximum absolute atomic E-state index is 8.92. The molecule has 1 aliphatic rings. The fraction of sp³-hybridized carbons (Fsp3) is 0.923. The lowest BCUT2D eigenvalue weighted by atomic mass is 9.76. The molecule has 0 spiro atoms. The molecule has 1 saturated carbocycles. The lowest BCUT2D eigenvalue weighted by molar-refractivity contribution is -0.110. The average molecular weight is 231 g/mol. The van der Waals surface area contributed by atoms with Crippen LogP contribution in [0.25, 0.3) is 0 Å². The molecular formula is C13H29NO2. The first kappa shape index (κ1) is 18.0. The molecule has 0 aliphatic heterocycles. The number of carbonyl (C=O) groups excluding carboxylic acids is 1. The molecule has 3 nitrogen and oxygen atoms in total. The van der Waals surface area contributed by atoms with Crippen molar-refractivity contribution in [3.63, 3.8) is 0 Å². The minimum absolute atomic E-state index is 0.361. The Morgan fingerprint density at radius 1 is 1.31 bits per heavy atom. The first-order chi connectivity index (χ1) is 7.55. The van der Waals surface area contributed by atoms with E-state index in [4.69, 9.17) is 9.90 Å². The minimum atomic E-state index is -0.361. The van der Waals surface area contributed by atoms with E-state index in [-0.39, 0.29) is 6.61 Å². The third kappa shape index (κ3) is 10.1. The second-order valence-corrected chi connectivity index (χ2v) is 4.58. The van der Waals surface area contributed by atoms with Gasteiger partial charge >= 0.3 is 0 Å². The van der Waals surface area contributed by atoms with E-state index < -0.39 is 0 Å². The molecule has 1 fully saturated rings. The highest BCUT2D eigenvalue weighted by Gasteiger charge is 2.25. The van der Waals surface area contributed by atoms with Gasteiger partial charge in [-0.05, 0) is 38.1 Å². The molecule has 0 amide bonds. The number of aliphatic hydroxyl groups is 1. The van der Waals surface area contributed by atoms with Gasteiger partial charge in [-0.1, -0.05) is 27.7 Å². The van der Waals surface area contributed by atoms with E-state index in [1.54, 1.807) is 0 Å². The molecule has 0 aromatic heterocycles. The summed E-state index contributed by atoms with van der Waals surface area (Å²) in [5, 5.41) is 10.8. The van der Waals surface area contributed by atoms with E-state index in [1.165, 1.54) is 25.7 Å². The second kappa shape index (κ2) is 11.1. The van der Waals surface area contributed by atoms with Gasteiger partial charge in [0.05, 0.1) is 6.61 Å². The van der Waals surface area contributed by atoms with Gasteiger partial charge in [-0.15, -0.1) is 0 Å². The van der Waals surface area contributed by atoms with Crippen LogP contribution in [0, 0.1) is 5.41 Å². The Balaban J connectivity index is 0. The molecule has 0 unspecified atom stereocenters. The first-order valence-electron chi connectivity index (χ1n) is 6.27. The summed E-state index contributed by atoms with van der Waals surface area (Å²) in [6, 6.07) is 0.799. The highest BCUT2D eigenvalue weighted by atomic mass is 16.3. The maximum atomic E-state index is 8.92. The normalized spacial score (nSPS) is 18.6. The van der Waals surface area contributed by atoms with Crippen molar-refractivity contribution in [1.82, 2.24) is 5.32 Å². The highest BCUT2D eigenvalue weighted by Crippen LogP contribution is 2.34. The van der Waals surface area contributed by atoms with Gasteiger partial charge < -0.3 is 15.2 Å². The molecular weight excluding hydrogens is 202 g/mol. The molecule has 16 heavy (non-hydrogen) atoms. The summed E-state index contributed by atoms with van der Waals surface area (Å²) >= 11 is 0. The van der Waals surface area contributed by atoms with Crippen LogP contribution in [-0.4, -0.2) is 31.1 Å². The summed E-state index contributed by atoms with van der Waals surface area (Å²) in [6.45, 7) is 8.39. The van der Waals surface area contributed by atoms with Crippen LogP contribution in [0.5, 0.6) is 0 Å². The van der Waals surface area contributed by atoms with Crippen molar-refractivity contribution >= 4 is 6.29 Å². The molecule has 0 atom stereocenters. The Hall–Kier alpha value is -0.410. The largest absolute Gasteiger partial charge is 0.389 e. The molecule has 0 aromatic carbocycles. The van der Waals surface area contributed by atoms with Crippen molar-refractivity contribution in [3.05, 3.63) is 0 Å². The van der Waals surface area contributed by atoms with Crippen molar-refractivity contribution in [1.29, 1.82) is 0 Å². The van der Waals surface area contributed by atoms with Gasteiger partial charge in [0.25, 0.3) is 0 Å². The van der Waals surface area contributed by atoms with E-state index in [2.05, 4.69) is 26.2 Å². The predicted octanol–water partition coefficient (Wildman–Crippen LogP) is 2.38. The number of nitrogens with one attached hydrogen (secondary N) is 1. The molecule has 2 N–H and O–H groups in total. The highest BCUT2D eigenvalue weighted by molar-refractivity contribution is 5.49. The zero-order valence-electron chi connectivity index (χ0n) is 11.5. The Morgan fingerprint density at radius 2 is 1.69 bits per heavy atom. The molecule has 3 heteroatoms. The molecule has 0 bridgehead atoms. The molecule has 0 radical (unpaired) electrons. The van der Waals surface area contributed by atoms with Gasteiger partial charge in [-0.2, -0.15) is 0 Å². The van der Waals surface area contributed by atoms with Crippen LogP contribution in [0.4, 0.5) is 0 Å². The lowest BCUT2D eigenvalue weighted by Gasteiger charge is -2.33. The van der Waals surface area contributed by atoms with Gasteiger partial charge in [0.15, 0.2) is 0 Å². The molecule has 1 rings (SSSR count).